The standard InChI is InChI=1S/C26H20ClFN2O6S/c1-2-35-23-11-16(6-9-22(23)36-15-17-4-3-5-20(10-17)30(33)34)12-24-25(31)29(26(32)37-24)14-18-7-8-19(28)13-21(18)27/h3-13H,2,14-15H2,1H3/b24-12-. The molecule has 0 bridgehead atoms. The first-order chi connectivity index (χ1) is 17.7. The average Bonchev–Trinajstić information content (AvgIpc) is 3.12. The Kier molecular flexibility index (Phi) is 8.10. The highest BCUT2D eigenvalue weighted by atomic mass is 35.5. The number of rotatable bonds is 9. The van der Waals surface area contributed by atoms with Crippen molar-refractivity contribution in [2.75, 3.05) is 6.61 Å². The molecule has 0 atom stereocenters. The zero-order valence-electron chi connectivity index (χ0n) is 19.5. The highest BCUT2D eigenvalue weighted by molar-refractivity contribution is 8.18. The Morgan fingerprint density at radius 3 is 2.62 bits per heavy atom. The fourth-order valence-electron chi connectivity index (χ4n) is 3.53. The molecule has 0 spiro atoms. The summed E-state index contributed by atoms with van der Waals surface area (Å²) in [5.74, 6) is -0.159. The Morgan fingerprint density at radius 1 is 1.08 bits per heavy atom. The van der Waals surface area contributed by atoms with Gasteiger partial charge in [0.1, 0.15) is 12.4 Å². The maximum absolute atomic E-state index is 13.3. The van der Waals surface area contributed by atoms with Crippen molar-refractivity contribution in [1.82, 2.24) is 4.90 Å². The Labute approximate surface area is 220 Å². The molecule has 0 aliphatic carbocycles. The Morgan fingerprint density at radius 2 is 1.89 bits per heavy atom. The summed E-state index contributed by atoms with van der Waals surface area (Å²) >= 11 is 6.85. The summed E-state index contributed by atoms with van der Waals surface area (Å²) in [7, 11) is 0. The van der Waals surface area contributed by atoms with E-state index < -0.39 is 21.9 Å². The van der Waals surface area contributed by atoms with E-state index in [1.807, 2.05) is 6.92 Å². The van der Waals surface area contributed by atoms with Crippen molar-refractivity contribution >= 4 is 46.3 Å². The van der Waals surface area contributed by atoms with Crippen molar-refractivity contribution in [1.29, 1.82) is 0 Å². The lowest BCUT2D eigenvalue weighted by Gasteiger charge is -2.14. The minimum absolute atomic E-state index is 0.0304. The highest BCUT2D eigenvalue weighted by Gasteiger charge is 2.35. The third-order valence-corrected chi connectivity index (χ3v) is 6.56. The molecule has 0 saturated carbocycles. The summed E-state index contributed by atoms with van der Waals surface area (Å²) < 4.78 is 24.8. The number of thioether (sulfide) groups is 1. The maximum Gasteiger partial charge on any atom is 0.293 e. The fraction of sp³-hybridized carbons (Fsp3) is 0.154. The minimum atomic E-state index is -0.509. The lowest BCUT2D eigenvalue weighted by molar-refractivity contribution is -0.384. The molecule has 3 aromatic carbocycles. The van der Waals surface area contributed by atoms with E-state index in [-0.39, 0.29) is 28.8 Å². The van der Waals surface area contributed by atoms with Gasteiger partial charge < -0.3 is 9.47 Å². The second-order valence-corrected chi connectivity index (χ2v) is 9.26. The van der Waals surface area contributed by atoms with E-state index in [0.29, 0.717) is 34.8 Å². The number of benzene rings is 3. The molecule has 0 N–H and O–H groups in total. The van der Waals surface area contributed by atoms with Gasteiger partial charge in [-0.1, -0.05) is 35.9 Å². The van der Waals surface area contributed by atoms with Crippen LogP contribution in [0.4, 0.5) is 14.9 Å². The lowest BCUT2D eigenvalue weighted by Crippen LogP contribution is -2.27. The van der Waals surface area contributed by atoms with Crippen molar-refractivity contribution in [3.05, 3.63) is 103 Å². The number of carbonyl (C=O) groups excluding carboxylic acids is 2. The maximum atomic E-state index is 13.3. The van der Waals surface area contributed by atoms with Crippen molar-refractivity contribution in [3.8, 4) is 11.5 Å². The number of hydrogen-bond donors (Lipinski definition) is 0. The number of carbonyl (C=O) groups is 2. The van der Waals surface area contributed by atoms with E-state index in [2.05, 4.69) is 0 Å². The van der Waals surface area contributed by atoms with Gasteiger partial charge in [0.05, 0.1) is 23.0 Å². The monoisotopic (exact) mass is 542 g/mol. The molecule has 3 aromatic rings. The minimum Gasteiger partial charge on any atom is -0.490 e. The smallest absolute Gasteiger partial charge is 0.293 e. The Bertz CT molecular complexity index is 1410. The van der Waals surface area contributed by atoms with Crippen LogP contribution in [0.15, 0.2) is 65.6 Å². The van der Waals surface area contributed by atoms with Crippen LogP contribution in [0.1, 0.15) is 23.6 Å². The average molecular weight is 543 g/mol. The summed E-state index contributed by atoms with van der Waals surface area (Å²) in [5.41, 5.74) is 1.65. The molecular weight excluding hydrogens is 523 g/mol. The molecule has 1 fully saturated rings. The van der Waals surface area contributed by atoms with Gasteiger partial charge in [0.2, 0.25) is 0 Å². The van der Waals surface area contributed by atoms with Gasteiger partial charge in [-0.2, -0.15) is 0 Å². The van der Waals surface area contributed by atoms with E-state index in [1.165, 1.54) is 24.3 Å². The van der Waals surface area contributed by atoms with Crippen LogP contribution in [-0.2, 0) is 17.9 Å². The van der Waals surface area contributed by atoms with Crippen molar-refractivity contribution < 1.29 is 28.4 Å². The van der Waals surface area contributed by atoms with Crippen LogP contribution in [0, 0.1) is 15.9 Å². The number of ether oxygens (including phenoxy) is 2. The van der Waals surface area contributed by atoms with Crippen LogP contribution < -0.4 is 9.47 Å². The summed E-state index contributed by atoms with van der Waals surface area (Å²) in [6.45, 7) is 2.18. The Hall–Kier alpha value is -3.89. The van der Waals surface area contributed by atoms with Crippen LogP contribution in [0.3, 0.4) is 0 Å². The Balaban J connectivity index is 1.51. The van der Waals surface area contributed by atoms with Gasteiger partial charge in [-0.3, -0.25) is 24.6 Å². The van der Waals surface area contributed by atoms with Crippen molar-refractivity contribution in [2.45, 2.75) is 20.1 Å². The number of nitro benzene ring substituents is 1. The normalized spacial score (nSPS) is 14.4. The fourth-order valence-corrected chi connectivity index (χ4v) is 4.60. The number of amides is 2. The molecule has 37 heavy (non-hydrogen) atoms. The van der Waals surface area contributed by atoms with Gasteiger partial charge >= 0.3 is 0 Å². The first-order valence-corrected chi connectivity index (χ1v) is 12.3. The van der Waals surface area contributed by atoms with Crippen LogP contribution in [-0.4, -0.2) is 27.6 Å². The zero-order valence-corrected chi connectivity index (χ0v) is 21.1. The van der Waals surface area contributed by atoms with Gasteiger partial charge in [-0.05, 0) is 65.7 Å². The number of halogens is 2. The predicted octanol–water partition coefficient (Wildman–Crippen LogP) is 6.60. The van der Waals surface area contributed by atoms with Crippen LogP contribution >= 0.6 is 23.4 Å². The second-order valence-electron chi connectivity index (χ2n) is 7.86. The first kappa shape index (κ1) is 26.2. The molecule has 1 aliphatic rings. The molecule has 190 valence electrons. The van der Waals surface area contributed by atoms with Crippen LogP contribution in [0.25, 0.3) is 6.08 Å². The topological polar surface area (TPSA) is 99.0 Å². The third kappa shape index (κ3) is 6.28. The van der Waals surface area contributed by atoms with E-state index >= 15 is 0 Å². The zero-order chi connectivity index (χ0) is 26.5. The molecule has 4 rings (SSSR count). The molecule has 1 aliphatic heterocycles. The van der Waals surface area contributed by atoms with E-state index in [1.54, 1.807) is 36.4 Å². The lowest BCUT2D eigenvalue weighted by atomic mass is 10.1. The quantitative estimate of drug-likeness (QED) is 0.170. The number of imide groups is 1. The molecular formula is C26H20ClFN2O6S. The molecule has 1 heterocycles. The van der Waals surface area contributed by atoms with E-state index in [4.69, 9.17) is 21.1 Å². The SMILES string of the molecule is CCOc1cc(/C=C2\SC(=O)N(Cc3ccc(F)cc3Cl)C2=O)ccc1OCc1cccc([N+](=O)[O-])c1. The molecule has 0 unspecified atom stereocenters. The highest BCUT2D eigenvalue weighted by Crippen LogP contribution is 2.36. The van der Waals surface area contributed by atoms with E-state index in [9.17, 15) is 24.1 Å². The van der Waals surface area contributed by atoms with Gasteiger partial charge in [-0.15, -0.1) is 0 Å². The largest absolute Gasteiger partial charge is 0.490 e. The van der Waals surface area contributed by atoms with Crippen LogP contribution in [0.5, 0.6) is 11.5 Å². The number of nitrogens with zero attached hydrogens (tertiary/aromatic N) is 2. The van der Waals surface area contributed by atoms with Gasteiger partial charge in [0.25, 0.3) is 16.8 Å². The van der Waals surface area contributed by atoms with E-state index in [0.717, 1.165) is 22.7 Å². The molecule has 8 nitrogen and oxygen atoms in total. The number of nitro groups is 1. The van der Waals surface area contributed by atoms with Crippen molar-refractivity contribution in [3.63, 3.8) is 0 Å². The van der Waals surface area contributed by atoms with Gasteiger partial charge in [-0.25, -0.2) is 4.39 Å². The molecule has 0 aromatic heterocycles. The summed E-state index contributed by atoms with van der Waals surface area (Å²) in [6, 6.07) is 15.0. The number of non-ortho nitro benzene ring substituents is 1. The first-order valence-electron chi connectivity index (χ1n) is 11.1. The summed E-state index contributed by atoms with van der Waals surface area (Å²) in [6.07, 6.45) is 1.57. The second kappa shape index (κ2) is 11.4. The third-order valence-electron chi connectivity index (χ3n) is 5.30. The number of hydrogen-bond acceptors (Lipinski definition) is 7. The molecule has 0 radical (unpaired) electrons. The predicted molar refractivity (Wildman–Crippen MR) is 138 cm³/mol. The van der Waals surface area contributed by atoms with Crippen molar-refractivity contribution in [2.24, 2.45) is 0 Å². The van der Waals surface area contributed by atoms with Gasteiger partial charge in [0, 0.05) is 17.2 Å². The van der Waals surface area contributed by atoms with Crippen LogP contribution in [0.2, 0.25) is 5.02 Å². The van der Waals surface area contributed by atoms with Gasteiger partial charge in [0.15, 0.2) is 11.5 Å². The summed E-state index contributed by atoms with van der Waals surface area (Å²) in [5, 5.41) is 10.7. The molecule has 11 heteroatoms. The molecule has 1 saturated heterocycles. The molecule has 2 amide bonds. The summed E-state index contributed by atoms with van der Waals surface area (Å²) in [4.78, 5) is 37.2.